The predicted octanol–water partition coefficient (Wildman–Crippen LogP) is 4.60. The molecule has 0 atom stereocenters. The Hall–Kier alpha value is -2.75. The molecule has 4 nitrogen and oxygen atoms in total. The lowest BCUT2D eigenvalue weighted by Gasteiger charge is -2.11. The number of carbonyl (C=O) groups is 1. The first kappa shape index (κ1) is 17.6. The van der Waals surface area contributed by atoms with E-state index in [0.717, 1.165) is 11.3 Å². The number of nitrogens with one attached hydrogen (secondary N) is 1. The SMILES string of the molecule is COc1cc(C(=O)Nc2ccc(C)cc2)ccc1OCC=C(C)C. The zero-order valence-corrected chi connectivity index (χ0v) is 14.6. The van der Waals surface area contributed by atoms with E-state index in [9.17, 15) is 4.79 Å². The number of benzene rings is 2. The van der Waals surface area contributed by atoms with E-state index in [1.165, 1.54) is 5.57 Å². The van der Waals surface area contributed by atoms with Gasteiger partial charge in [-0.1, -0.05) is 23.3 Å². The molecule has 0 aliphatic rings. The van der Waals surface area contributed by atoms with Gasteiger partial charge in [-0.2, -0.15) is 0 Å². The Labute approximate surface area is 143 Å². The van der Waals surface area contributed by atoms with Gasteiger partial charge in [-0.25, -0.2) is 0 Å². The van der Waals surface area contributed by atoms with Crippen molar-refractivity contribution < 1.29 is 14.3 Å². The lowest BCUT2D eigenvalue weighted by Crippen LogP contribution is -2.12. The summed E-state index contributed by atoms with van der Waals surface area (Å²) in [5.74, 6) is 0.962. The number of hydrogen-bond donors (Lipinski definition) is 1. The van der Waals surface area contributed by atoms with Crippen molar-refractivity contribution in [3.63, 3.8) is 0 Å². The molecule has 126 valence electrons. The van der Waals surface area contributed by atoms with E-state index in [-0.39, 0.29) is 5.91 Å². The Balaban J connectivity index is 2.11. The molecule has 0 spiro atoms. The molecule has 0 saturated carbocycles. The second-order valence-electron chi connectivity index (χ2n) is 5.78. The number of ether oxygens (including phenoxy) is 2. The Kier molecular flexibility index (Phi) is 6.01. The van der Waals surface area contributed by atoms with Crippen molar-refractivity contribution in [3.8, 4) is 11.5 Å². The maximum atomic E-state index is 12.4. The summed E-state index contributed by atoms with van der Waals surface area (Å²) in [6, 6.07) is 12.8. The van der Waals surface area contributed by atoms with Crippen molar-refractivity contribution in [2.24, 2.45) is 0 Å². The second-order valence-corrected chi connectivity index (χ2v) is 5.78. The van der Waals surface area contributed by atoms with Crippen molar-refractivity contribution in [1.82, 2.24) is 0 Å². The number of carbonyl (C=O) groups excluding carboxylic acids is 1. The van der Waals surface area contributed by atoms with Gasteiger partial charge in [-0.05, 0) is 57.2 Å². The maximum Gasteiger partial charge on any atom is 0.255 e. The van der Waals surface area contributed by atoms with Crippen LogP contribution >= 0.6 is 0 Å². The molecule has 0 heterocycles. The third-order valence-electron chi connectivity index (χ3n) is 3.47. The fourth-order valence-electron chi connectivity index (χ4n) is 2.07. The number of allylic oxidation sites excluding steroid dienone is 1. The first-order valence-corrected chi connectivity index (χ1v) is 7.82. The van der Waals surface area contributed by atoms with Crippen molar-refractivity contribution in [2.45, 2.75) is 20.8 Å². The quantitative estimate of drug-likeness (QED) is 0.790. The fourth-order valence-corrected chi connectivity index (χ4v) is 2.07. The lowest BCUT2D eigenvalue weighted by atomic mass is 10.1. The summed E-state index contributed by atoms with van der Waals surface area (Å²) >= 11 is 0. The van der Waals surface area contributed by atoms with Crippen LogP contribution < -0.4 is 14.8 Å². The summed E-state index contributed by atoms with van der Waals surface area (Å²) in [5, 5.41) is 2.87. The molecule has 0 aromatic heterocycles. The average Bonchev–Trinajstić information content (AvgIpc) is 2.56. The van der Waals surface area contributed by atoms with Gasteiger partial charge in [0.2, 0.25) is 0 Å². The maximum absolute atomic E-state index is 12.4. The van der Waals surface area contributed by atoms with E-state index < -0.39 is 0 Å². The number of hydrogen-bond acceptors (Lipinski definition) is 3. The minimum atomic E-state index is -0.187. The summed E-state index contributed by atoms with van der Waals surface area (Å²) < 4.78 is 11.0. The van der Waals surface area contributed by atoms with Crippen molar-refractivity contribution >= 4 is 11.6 Å². The van der Waals surface area contributed by atoms with Crippen LogP contribution in [-0.2, 0) is 0 Å². The molecule has 0 unspecified atom stereocenters. The van der Waals surface area contributed by atoms with E-state index in [2.05, 4.69) is 5.32 Å². The van der Waals surface area contributed by atoms with Crippen LogP contribution in [0.1, 0.15) is 29.8 Å². The number of rotatable bonds is 6. The number of anilines is 1. The van der Waals surface area contributed by atoms with E-state index in [4.69, 9.17) is 9.47 Å². The van der Waals surface area contributed by atoms with Crippen LogP contribution in [0.25, 0.3) is 0 Å². The molecule has 0 aliphatic carbocycles. The number of amides is 1. The van der Waals surface area contributed by atoms with Gasteiger partial charge in [0.1, 0.15) is 6.61 Å². The normalized spacial score (nSPS) is 10.0. The van der Waals surface area contributed by atoms with Gasteiger partial charge < -0.3 is 14.8 Å². The summed E-state index contributed by atoms with van der Waals surface area (Å²) in [5.41, 5.74) is 3.60. The molecular weight excluding hydrogens is 302 g/mol. The van der Waals surface area contributed by atoms with Crippen LogP contribution in [-0.4, -0.2) is 19.6 Å². The van der Waals surface area contributed by atoms with Crippen LogP contribution in [0.5, 0.6) is 11.5 Å². The number of methoxy groups -OCH3 is 1. The first-order chi connectivity index (χ1) is 11.5. The highest BCUT2D eigenvalue weighted by molar-refractivity contribution is 6.04. The Bertz CT molecular complexity index is 729. The second kappa shape index (κ2) is 8.20. The van der Waals surface area contributed by atoms with Gasteiger partial charge in [0.15, 0.2) is 11.5 Å². The minimum absolute atomic E-state index is 0.187. The topological polar surface area (TPSA) is 47.6 Å². The molecule has 0 radical (unpaired) electrons. The molecule has 1 N–H and O–H groups in total. The minimum Gasteiger partial charge on any atom is -0.493 e. The van der Waals surface area contributed by atoms with E-state index in [1.54, 1.807) is 25.3 Å². The van der Waals surface area contributed by atoms with Crippen LogP contribution in [0.2, 0.25) is 0 Å². The zero-order chi connectivity index (χ0) is 17.5. The fraction of sp³-hybridized carbons (Fsp3) is 0.250. The summed E-state index contributed by atoms with van der Waals surface area (Å²) in [6.45, 7) is 6.50. The van der Waals surface area contributed by atoms with Crippen molar-refractivity contribution in [1.29, 1.82) is 0 Å². The molecule has 24 heavy (non-hydrogen) atoms. The van der Waals surface area contributed by atoms with Gasteiger partial charge in [-0.3, -0.25) is 4.79 Å². The smallest absolute Gasteiger partial charge is 0.255 e. The molecule has 1 amide bonds. The van der Waals surface area contributed by atoms with Gasteiger partial charge in [0.25, 0.3) is 5.91 Å². The molecule has 2 aromatic carbocycles. The summed E-state index contributed by atoms with van der Waals surface area (Å²) in [6.07, 6.45) is 1.98. The monoisotopic (exact) mass is 325 g/mol. The van der Waals surface area contributed by atoms with Gasteiger partial charge in [-0.15, -0.1) is 0 Å². The third kappa shape index (κ3) is 4.88. The van der Waals surface area contributed by atoms with Gasteiger partial charge in [0, 0.05) is 11.3 Å². The largest absolute Gasteiger partial charge is 0.493 e. The molecule has 2 aromatic rings. The van der Waals surface area contributed by atoms with Crippen molar-refractivity contribution in [3.05, 3.63) is 65.2 Å². The van der Waals surface area contributed by atoms with Crippen LogP contribution in [0.15, 0.2) is 54.1 Å². The van der Waals surface area contributed by atoms with Crippen molar-refractivity contribution in [2.75, 3.05) is 19.0 Å². The van der Waals surface area contributed by atoms with E-state index >= 15 is 0 Å². The Morgan fingerprint density at radius 1 is 1.08 bits per heavy atom. The van der Waals surface area contributed by atoms with Gasteiger partial charge in [0.05, 0.1) is 7.11 Å². The highest BCUT2D eigenvalue weighted by Gasteiger charge is 2.11. The summed E-state index contributed by atoms with van der Waals surface area (Å²) in [7, 11) is 1.56. The van der Waals surface area contributed by atoms with Crippen LogP contribution in [0.4, 0.5) is 5.69 Å². The molecule has 0 bridgehead atoms. The molecule has 0 fully saturated rings. The van der Waals surface area contributed by atoms with Crippen LogP contribution in [0.3, 0.4) is 0 Å². The third-order valence-corrected chi connectivity index (χ3v) is 3.47. The Morgan fingerprint density at radius 3 is 2.42 bits per heavy atom. The summed E-state index contributed by atoms with van der Waals surface area (Å²) in [4.78, 5) is 12.4. The number of aryl methyl sites for hydroxylation is 1. The standard InChI is InChI=1S/C20H23NO3/c1-14(2)11-12-24-18-10-7-16(13-19(18)23-4)20(22)21-17-8-5-15(3)6-9-17/h5-11,13H,12H2,1-4H3,(H,21,22). The Morgan fingerprint density at radius 2 is 1.79 bits per heavy atom. The van der Waals surface area contributed by atoms with E-state index in [1.807, 2.05) is 51.1 Å². The molecule has 4 heteroatoms. The molecule has 0 aliphatic heterocycles. The lowest BCUT2D eigenvalue weighted by molar-refractivity contribution is 0.102. The van der Waals surface area contributed by atoms with Crippen LogP contribution in [0, 0.1) is 6.92 Å². The average molecular weight is 325 g/mol. The molecule has 0 saturated heterocycles. The zero-order valence-electron chi connectivity index (χ0n) is 14.6. The highest BCUT2D eigenvalue weighted by atomic mass is 16.5. The predicted molar refractivity (Wildman–Crippen MR) is 97.1 cm³/mol. The van der Waals surface area contributed by atoms with E-state index in [0.29, 0.717) is 23.7 Å². The first-order valence-electron chi connectivity index (χ1n) is 7.82. The highest BCUT2D eigenvalue weighted by Crippen LogP contribution is 2.28. The van der Waals surface area contributed by atoms with Gasteiger partial charge >= 0.3 is 0 Å². The molecular formula is C20H23NO3. The molecule has 2 rings (SSSR count).